The van der Waals surface area contributed by atoms with Crippen LogP contribution in [0.25, 0.3) is 12.2 Å². The molecule has 0 spiro atoms. The van der Waals surface area contributed by atoms with E-state index in [1.807, 2.05) is 36.1 Å². The van der Waals surface area contributed by atoms with E-state index in [1.54, 1.807) is 6.92 Å². The topological polar surface area (TPSA) is 125 Å². The molecule has 4 heterocycles. The van der Waals surface area contributed by atoms with E-state index in [9.17, 15) is 14.9 Å². The van der Waals surface area contributed by atoms with Crippen molar-refractivity contribution in [2.24, 2.45) is 5.73 Å². The lowest BCUT2D eigenvalue weighted by atomic mass is 10.1. The first-order valence-electron chi connectivity index (χ1n) is 12.9. The number of nitrogens with two attached hydrogens (primary N) is 1. The monoisotopic (exact) mass is 512 g/mol. The first-order chi connectivity index (χ1) is 18.4. The van der Waals surface area contributed by atoms with Crippen molar-refractivity contribution in [1.29, 1.82) is 5.26 Å². The fourth-order valence-corrected chi connectivity index (χ4v) is 5.50. The summed E-state index contributed by atoms with van der Waals surface area (Å²) in [6, 6.07) is 4.08. The zero-order valence-corrected chi connectivity index (χ0v) is 21.8. The van der Waals surface area contributed by atoms with Gasteiger partial charge in [0.25, 0.3) is 11.1 Å². The molecule has 0 aromatic carbocycles. The van der Waals surface area contributed by atoms with Crippen molar-refractivity contribution in [2.45, 2.75) is 58.5 Å². The van der Waals surface area contributed by atoms with Gasteiger partial charge in [0.05, 0.1) is 24.9 Å². The van der Waals surface area contributed by atoms with Gasteiger partial charge in [-0.05, 0) is 44.4 Å². The van der Waals surface area contributed by atoms with E-state index < -0.39 is 11.8 Å². The number of nitriles is 1. The number of hydrogen-bond donors (Lipinski definition) is 2. The van der Waals surface area contributed by atoms with E-state index in [0.29, 0.717) is 12.2 Å². The number of allylic oxidation sites excluding steroid dienone is 2. The van der Waals surface area contributed by atoms with Crippen LogP contribution >= 0.6 is 0 Å². The maximum atomic E-state index is 14.2. The molecular formula is C28H32N8O2. The summed E-state index contributed by atoms with van der Waals surface area (Å²) >= 11 is 0. The third-order valence-electron chi connectivity index (χ3n) is 7.22. The van der Waals surface area contributed by atoms with Crippen LogP contribution < -0.4 is 37.5 Å². The van der Waals surface area contributed by atoms with Gasteiger partial charge in [-0.15, -0.1) is 5.92 Å². The molecule has 3 N–H and O–H groups in total. The molecule has 2 aromatic rings. The van der Waals surface area contributed by atoms with E-state index in [1.165, 1.54) is 9.36 Å². The van der Waals surface area contributed by atoms with Gasteiger partial charge in [0.2, 0.25) is 0 Å². The predicted octanol–water partition coefficient (Wildman–Crippen LogP) is -0.232. The largest absolute Gasteiger partial charge is 0.346 e. The molecule has 1 fully saturated rings. The van der Waals surface area contributed by atoms with Crippen LogP contribution in [0.5, 0.6) is 0 Å². The molecule has 1 aliphatic carbocycles. The Bertz CT molecular complexity index is 1630. The quantitative estimate of drug-likeness (QED) is 0.527. The predicted molar refractivity (Wildman–Crippen MR) is 148 cm³/mol. The highest BCUT2D eigenvalue weighted by Gasteiger charge is 2.39. The molecule has 1 saturated heterocycles. The highest BCUT2D eigenvalue weighted by atomic mass is 16.2. The number of rotatable bonds is 5. The summed E-state index contributed by atoms with van der Waals surface area (Å²) < 4.78 is 2.57. The summed E-state index contributed by atoms with van der Waals surface area (Å²) in [5.41, 5.74) is 7.41. The Balaban J connectivity index is 1.68. The summed E-state index contributed by atoms with van der Waals surface area (Å²) in [4.78, 5) is 36.7. The van der Waals surface area contributed by atoms with E-state index in [-0.39, 0.29) is 42.6 Å². The lowest BCUT2D eigenvalue weighted by Crippen LogP contribution is -2.56. The number of likely N-dealkylation sites (tertiary alicyclic amines) is 1. The number of aryl methyl sites for hydroxylation is 1. The standard InChI is InChI=1S/C28H32N8O2/c1-3-4-14-34-25-24(32-28(34)33-13-8-10-21(30)17-33)26(37)35(15-12-29)36(27(25)38)18-23-22-11-7-5-6-9-20(22)16-19(2)31-23/h5,7,9,11,16,21,28,32H,6,8,10,13-15,17-18,30H2,1-2H3. The van der Waals surface area contributed by atoms with Crippen LogP contribution in [0.4, 0.5) is 11.4 Å². The van der Waals surface area contributed by atoms with E-state index in [0.717, 1.165) is 41.9 Å². The molecule has 2 unspecified atom stereocenters. The van der Waals surface area contributed by atoms with Crippen LogP contribution in [-0.2, 0) is 13.1 Å². The minimum atomic E-state index is -0.426. The lowest BCUT2D eigenvalue weighted by Gasteiger charge is -2.39. The summed E-state index contributed by atoms with van der Waals surface area (Å²) in [7, 11) is 0. The molecule has 5 rings (SSSR count). The van der Waals surface area contributed by atoms with Crippen LogP contribution in [0.3, 0.4) is 0 Å². The molecule has 2 aliphatic heterocycles. The van der Waals surface area contributed by atoms with Gasteiger partial charge in [-0.2, -0.15) is 5.26 Å². The Hall–Kier alpha value is -4.12. The zero-order chi connectivity index (χ0) is 26.8. The SMILES string of the molecule is CC#CCN1c2c(c(=O)n(CC#N)n(Cc3nc(C)cc4c3=CC=CCC=4)c2=O)NC1N1CCCC(N)C1. The second-order valence-electron chi connectivity index (χ2n) is 9.83. The summed E-state index contributed by atoms with van der Waals surface area (Å²) in [5.74, 6) is 5.96. The average molecular weight is 513 g/mol. The Morgan fingerprint density at radius 3 is 2.84 bits per heavy atom. The molecule has 10 nitrogen and oxygen atoms in total. The number of hydrogen-bond acceptors (Lipinski definition) is 8. The fraction of sp³-hybridized carbons (Fsp3) is 0.429. The number of fused-ring (bicyclic) bond motifs is 2. The van der Waals surface area contributed by atoms with Crippen molar-refractivity contribution >= 4 is 23.5 Å². The van der Waals surface area contributed by atoms with Crippen LogP contribution in [0.15, 0.2) is 27.8 Å². The van der Waals surface area contributed by atoms with Gasteiger partial charge in [-0.1, -0.05) is 30.2 Å². The highest BCUT2D eigenvalue weighted by Crippen LogP contribution is 2.30. The van der Waals surface area contributed by atoms with Gasteiger partial charge in [-0.3, -0.25) is 19.5 Å². The second kappa shape index (κ2) is 10.7. The van der Waals surface area contributed by atoms with Gasteiger partial charge in [0, 0.05) is 30.0 Å². The van der Waals surface area contributed by atoms with E-state index >= 15 is 0 Å². The lowest BCUT2D eigenvalue weighted by molar-refractivity contribution is 0.165. The average Bonchev–Trinajstić information content (AvgIpc) is 3.12. The smallest absolute Gasteiger partial charge is 0.292 e. The normalized spacial score (nSPS) is 20.1. The van der Waals surface area contributed by atoms with Gasteiger partial charge < -0.3 is 16.0 Å². The Morgan fingerprint density at radius 2 is 2.08 bits per heavy atom. The molecule has 3 aliphatic rings. The first kappa shape index (κ1) is 25.5. The maximum Gasteiger partial charge on any atom is 0.292 e. The van der Waals surface area contributed by atoms with Crippen molar-refractivity contribution in [3.63, 3.8) is 0 Å². The molecule has 2 aromatic heterocycles. The third kappa shape index (κ3) is 4.65. The molecular weight excluding hydrogens is 480 g/mol. The number of aromatic nitrogens is 3. The van der Waals surface area contributed by atoms with E-state index in [4.69, 9.17) is 10.7 Å². The van der Waals surface area contributed by atoms with Crippen molar-refractivity contribution in [1.82, 2.24) is 19.2 Å². The molecule has 38 heavy (non-hydrogen) atoms. The molecule has 0 radical (unpaired) electrons. The summed E-state index contributed by atoms with van der Waals surface area (Å²) in [6.45, 7) is 5.15. The minimum Gasteiger partial charge on any atom is -0.346 e. The maximum absolute atomic E-state index is 14.2. The number of pyridine rings is 1. The minimum absolute atomic E-state index is 0.0185. The van der Waals surface area contributed by atoms with Crippen LogP contribution in [0.1, 0.15) is 37.6 Å². The summed E-state index contributed by atoms with van der Waals surface area (Å²) in [6.07, 6.45) is 10.4. The summed E-state index contributed by atoms with van der Waals surface area (Å²) in [5, 5.41) is 14.8. The van der Waals surface area contributed by atoms with Crippen LogP contribution in [0.2, 0.25) is 0 Å². The Morgan fingerprint density at radius 1 is 1.24 bits per heavy atom. The molecule has 2 atom stereocenters. The Kier molecular flexibility index (Phi) is 7.19. The zero-order valence-electron chi connectivity index (χ0n) is 21.8. The molecule has 196 valence electrons. The van der Waals surface area contributed by atoms with Gasteiger partial charge >= 0.3 is 0 Å². The van der Waals surface area contributed by atoms with Gasteiger partial charge in [0.15, 0.2) is 6.29 Å². The van der Waals surface area contributed by atoms with Crippen molar-refractivity contribution < 1.29 is 0 Å². The fourth-order valence-electron chi connectivity index (χ4n) is 5.50. The highest BCUT2D eigenvalue weighted by molar-refractivity contribution is 5.74. The molecule has 10 heteroatoms. The second-order valence-corrected chi connectivity index (χ2v) is 9.83. The Labute approximate surface area is 221 Å². The van der Waals surface area contributed by atoms with Crippen molar-refractivity contribution in [2.75, 3.05) is 29.9 Å². The third-order valence-corrected chi connectivity index (χ3v) is 7.22. The number of anilines is 2. The van der Waals surface area contributed by atoms with Gasteiger partial charge in [-0.25, -0.2) is 9.36 Å². The van der Waals surface area contributed by atoms with Crippen LogP contribution in [-0.4, -0.2) is 51.2 Å². The van der Waals surface area contributed by atoms with E-state index in [2.05, 4.69) is 34.2 Å². The van der Waals surface area contributed by atoms with Crippen molar-refractivity contribution in [3.8, 4) is 17.9 Å². The number of nitrogens with zero attached hydrogens (tertiary/aromatic N) is 6. The van der Waals surface area contributed by atoms with Crippen molar-refractivity contribution in [3.05, 3.63) is 60.8 Å². The first-order valence-corrected chi connectivity index (χ1v) is 12.9. The number of nitrogens with one attached hydrogen (secondary N) is 1. The van der Waals surface area contributed by atoms with Crippen LogP contribution in [0, 0.1) is 30.1 Å². The number of piperidine rings is 1. The molecule has 0 bridgehead atoms. The molecule has 0 amide bonds. The van der Waals surface area contributed by atoms with Gasteiger partial charge in [0.1, 0.15) is 17.9 Å². The molecule has 0 saturated carbocycles.